The smallest absolute Gasteiger partial charge is 0.165 e. The number of fused-ring (bicyclic) bond motifs is 1. The van der Waals surface area contributed by atoms with Gasteiger partial charge in [0.2, 0.25) is 0 Å². The molecule has 0 aliphatic rings. The summed E-state index contributed by atoms with van der Waals surface area (Å²) in [5.41, 5.74) is 10.5. The zero-order valence-corrected chi connectivity index (χ0v) is 13.4. The molecule has 4 rings (SSSR count). The van der Waals surface area contributed by atoms with Crippen LogP contribution < -0.4 is 5.73 Å². The van der Waals surface area contributed by atoms with Crippen molar-refractivity contribution >= 4 is 16.9 Å². The Balaban J connectivity index is 2.04. The van der Waals surface area contributed by atoms with Crippen molar-refractivity contribution in [2.45, 2.75) is 13.8 Å². The van der Waals surface area contributed by atoms with Crippen LogP contribution in [0.5, 0.6) is 0 Å². The zero-order valence-electron chi connectivity index (χ0n) is 13.4. The van der Waals surface area contributed by atoms with E-state index in [1.54, 1.807) is 0 Å². The number of pyridine rings is 1. The highest BCUT2D eigenvalue weighted by Gasteiger charge is 2.16. The average molecular weight is 316 g/mol. The molecule has 24 heavy (non-hydrogen) atoms. The molecule has 0 spiro atoms. The molecular formula is C19H16N4O. The summed E-state index contributed by atoms with van der Waals surface area (Å²) in [5, 5.41) is 0.736. The van der Waals surface area contributed by atoms with E-state index in [9.17, 15) is 0 Å². The van der Waals surface area contributed by atoms with E-state index in [1.807, 2.05) is 25.1 Å². The fourth-order valence-electron chi connectivity index (χ4n) is 2.71. The van der Waals surface area contributed by atoms with E-state index in [2.05, 4.69) is 41.2 Å². The van der Waals surface area contributed by atoms with Crippen molar-refractivity contribution in [3.63, 3.8) is 0 Å². The van der Waals surface area contributed by atoms with E-state index >= 15 is 0 Å². The first-order chi connectivity index (χ1) is 11.6. The van der Waals surface area contributed by atoms with Crippen LogP contribution in [0.3, 0.4) is 0 Å². The Kier molecular flexibility index (Phi) is 3.27. The maximum Gasteiger partial charge on any atom is 0.165 e. The number of rotatable bonds is 2. The summed E-state index contributed by atoms with van der Waals surface area (Å²) in [6.07, 6.45) is 1.42. The minimum atomic E-state index is 0.419. The van der Waals surface area contributed by atoms with Crippen LogP contribution in [0.1, 0.15) is 11.3 Å². The monoisotopic (exact) mass is 316 g/mol. The van der Waals surface area contributed by atoms with Crippen LogP contribution in [0.25, 0.3) is 33.6 Å². The van der Waals surface area contributed by atoms with Gasteiger partial charge in [0.1, 0.15) is 23.6 Å². The van der Waals surface area contributed by atoms with E-state index < -0.39 is 0 Å². The van der Waals surface area contributed by atoms with Gasteiger partial charge in [-0.2, -0.15) is 0 Å². The van der Waals surface area contributed by atoms with Crippen molar-refractivity contribution in [1.29, 1.82) is 0 Å². The standard InChI is InChI=1S/C19H16N4O/c1-11-3-6-13(7-4-11)14-9-15-18(20)21-10-22-19(15)23-17(14)16-8-5-12(2)24-16/h3-10H,1-2H3,(H2,20,21,22,23). The minimum Gasteiger partial charge on any atom is -0.460 e. The first-order valence-electron chi connectivity index (χ1n) is 7.67. The van der Waals surface area contributed by atoms with Gasteiger partial charge in [0, 0.05) is 5.56 Å². The molecule has 0 aliphatic carbocycles. The maximum atomic E-state index is 6.01. The Morgan fingerprint density at radius 2 is 1.75 bits per heavy atom. The summed E-state index contributed by atoms with van der Waals surface area (Å²) in [7, 11) is 0. The van der Waals surface area contributed by atoms with E-state index in [1.165, 1.54) is 11.9 Å². The van der Waals surface area contributed by atoms with Crippen molar-refractivity contribution in [2.24, 2.45) is 0 Å². The largest absolute Gasteiger partial charge is 0.460 e. The molecule has 0 radical (unpaired) electrons. The lowest BCUT2D eigenvalue weighted by Crippen LogP contribution is -1.98. The minimum absolute atomic E-state index is 0.419. The summed E-state index contributed by atoms with van der Waals surface area (Å²) in [5.74, 6) is 1.97. The van der Waals surface area contributed by atoms with E-state index in [0.717, 1.165) is 28.0 Å². The van der Waals surface area contributed by atoms with Crippen LogP contribution in [0.2, 0.25) is 0 Å². The Morgan fingerprint density at radius 3 is 2.46 bits per heavy atom. The normalized spacial score (nSPS) is 11.1. The number of nitrogens with two attached hydrogens (primary N) is 1. The highest BCUT2D eigenvalue weighted by molar-refractivity contribution is 5.93. The molecule has 0 aliphatic heterocycles. The number of nitrogens with zero attached hydrogens (tertiary/aromatic N) is 3. The summed E-state index contributed by atoms with van der Waals surface area (Å²) < 4.78 is 5.80. The summed E-state index contributed by atoms with van der Waals surface area (Å²) in [6.45, 7) is 3.97. The number of hydrogen-bond donors (Lipinski definition) is 1. The first-order valence-corrected chi connectivity index (χ1v) is 7.67. The van der Waals surface area contributed by atoms with E-state index in [0.29, 0.717) is 17.2 Å². The number of hydrogen-bond acceptors (Lipinski definition) is 5. The molecule has 0 atom stereocenters. The van der Waals surface area contributed by atoms with Crippen LogP contribution in [0, 0.1) is 13.8 Å². The number of aryl methyl sites for hydroxylation is 2. The highest BCUT2D eigenvalue weighted by Crippen LogP contribution is 2.34. The van der Waals surface area contributed by atoms with Crippen molar-refractivity contribution in [3.05, 3.63) is 60.1 Å². The molecule has 0 unspecified atom stereocenters. The molecule has 2 N–H and O–H groups in total. The third-order valence-corrected chi connectivity index (χ3v) is 3.99. The number of anilines is 1. The van der Waals surface area contributed by atoms with Gasteiger partial charge in [-0.15, -0.1) is 0 Å². The number of furan rings is 1. The van der Waals surface area contributed by atoms with Crippen LogP contribution in [0.4, 0.5) is 5.82 Å². The van der Waals surface area contributed by atoms with Crippen LogP contribution in [-0.2, 0) is 0 Å². The van der Waals surface area contributed by atoms with Gasteiger partial charge >= 0.3 is 0 Å². The predicted octanol–water partition coefficient (Wildman–Crippen LogP) is 4.15. The maximum absolute atomic E-state index is 6.01. The van der Waals surface area contributed by atoms with Gasteiger partial charge in [0.15, 0.2) is 11.4 Å². The van der Waals surface area contributed by atoms with Crippen LogP contribution in [-0.4, -0.2) is 15.0 Å². The van der Waals surface area contributed by atoms with E-state index in [-0.39, 0.29) is 0 Å². The second-order valence-electron chi connectivity index (χ2n) is 5.79. The number of nitrogen functional groups attached to an aromatic ring is 1. The van der Waals surface area contributed by atoms with Gasteiger partial charge in [-0.3, -0.25) is 0 Å². The lowest BCUT2D eigenvalue weighted by Gasteiger charge is -2.10. The molecule has 118 valence electrons. The van der Waals surface area contributed by atoms with Crippen molar-refractivity contribution in [3.8, 4) is 22.6 Å². The van der Waals surface area contributed by atoms with Gasteiger partial charge in [-0.25, -0.2) is 15.0 Å². The van der Waals surface area contributed by atoms with Gasteiger partial charge in [0.05, 0.1) is 5.39 Å². The van der Waals surface area contributed by atoms with Crippen molar-refractivity contribution < 1.29 is 4.42 Å². The molecule has 0 fully saturated rings. The summed E-state index contributed by atoms with van der Waals surface area (Å²) in [4.78, 5) is 13.0. The molecule has 3 aromatic heterocycles. The third-order valence-electron chi connectivity index (χ3n) is 3.99. The van der Waals surface area contributed by atoms with Crippen molar-refractivity contribution in [2.75, 3.05) is 5.73 Å². The molecule has 3 heterocycles. The molecule has 1 aromatic carbocycles. The zero-order chi connectivity index (χ0) is 16.7. The summed E-state index contributed by atoms with van der Waals surface area (Å²) >= 11 is 0. The molecule has 0 bridgehead atoms. The van der Waals surface area contributed by atoms with Crippen LogP contribution >= 0.6 is 0 Å². The van der Waals surface area contributed by atoms with Gasteiger partial charge < -0.3 is 10.2 Å². The van der Waals surface area contributed by atoms with Gasteiger partial charge in [-0.1, -0.05) is 29.8 Å². The topological polar surface area (TPSA) is 77.8 Å². The molecule has 5 nitrogen and oxygen atoms in total. The van der Waals surface area contributed by atoms with Crippen LogP contribution in [0.15, 0.2) is 53.2 Å². The number of aromatic nitrogens is 3. The lowest BCUT2D eigenvalue weighted by molar-refractivity contribution is 0.547. The third kappa shape index (κ3) is 2.40. The second-order valence-corrected chi connectivity index (χ2v) is 5.79. The molecule has 4 aromatic rings. The van der Waals surface area contributed by atoms with Gasteiger partial charge in [0.25, 0.3) is 0 Å². The quantitative estimate of drug-likeness (QED) is 0.601. The molecule has 0 amide bonds. The summed E-state index contributed by atoms with van der Waals surface area (Å²) in [6, 6.07) is 14.1. The van der Waals surface area contributed by atoms with Crippen molar-refractivity contribution in [1.82, 2.24) is 15.0 Å². The van der Waals surface area contributed by atoms with Gasteiger partial charge in [-0.05, 0) is 37.6 Å². The number of benzene rings is 1. The molecular weight excluding hydrogens is 300 g/mol. The lowest BCUT2D eigenvalue weighted by atomic mass is 10.00. The average Bonchev–Trinajstić information content (AvgIpc) is 3.01. The fourth-order valence-corrected chi connectivity index (χ4v) is 2.71. The van der Waals surface area contributed by atoms with E-state index in [4.69, 9.17) is 15.1 Å². The predicted molar refractivity (Wildman–Crippen MR) is 94.4 cm³/mol. The second kappa shape index (κ2) is 5.45. The highest BCUT2D eigenvalue weighted by atomic mass is 16.3. The Hall–Kier alpha value is -3.21. The molecule has 0 saturated heterocycles. The Labute approximate surface area is 139 Å². The molecule has 0 saturated carbocycles. The Bertz CT molecular complexity index is 1040. The molecule has 5 heteroatoms. The fraction of sp³-hybridized carbons (Fsp3) is 0.105. The first kappa shape index (κ1) is 14.4. The SMILES string of the molecule is Cc1ccc(-c2cc3c(N)ncnc3nc2-c2ccc(C)o2)cc1. The Morgan fingerprint density at radius 1 is 0.958 bits per heavy atom.